The van der Waals surface area contributed by atoms with Crippen molar-refractivity contribution in [3.8, 4) is 23.0 Å². The predicted octanol–water partition coefficient (Wildman–Crippen LogP) is 4.20. The van der Waals surface area contributed by atoms with Crippen LogP contribution in [0.4, 0.5) is 11.5 Å². The molecule has 3 aliphatic heterocycles. The molecule has 1 aromatic heterocycles. The number of benzene rings is 2. The normalized spacial score (nSPS) is 18.6. The number of fused-ring (bicyclic) bond motifs is 4. The lowest BCUT2D eigenvalue weighted by Crippen LogP contribution is -2.37. The van der Waals surface area contributed by atoms with Gasteiger partial charge in [-0.05, 0) is 57.0 Å². The number of anilines is 2. The van der Waals surface area contributed by atoms with Gasteiger partial charge in [0.1, 0.15) is 12.1 Å². The molecule has 1 N–H and O–H groups in total. The Morgan fingerprint density at radius 3 is 2.79 bits per heavy atom. The maximum absolute atomic E-state index is 6.30. The number of nitrogens with zero attached hydrogens (tertiary/aromatic N) is 4. The molecule has 0 radical (unpaired) electrons. The van der Waals surface area contributed by atoms with E-state index in [2.05, 4.69) is 38.2 Å². The second kappa shape index (κ2) is 12.2. The van der Waals surface area contributed by atoms with Crippen LogP contribution in [0.2, 0.25) is 0 Å². The van der Waals surface area contributed by atoms with Crippen LogP contribution in [-0.4, -0.2) is 86.2 Å². The third-order valence-electron chi connectivity index (χ3n) is 7.43. The van der Waals surface area contributed by atoms with E-state index in [-0.39, 0.29) is 6.79 Å². The largest absolute Gasteiger partial charge is 0.490 e. The van der Waals surface area contributed by atoms with E-state index < -0.39 is 0 Å². The number of hydrogen-bond donors (Lipinski definition) is 1. The average Bonchev–Trinajstić information content (AvgIpc) is 3.44. The minimum Gasteiger partial charge on any atom is -0.490 e. The average molecular weight is 536 g/mol. The fraction of sp³-hybridized carbons (Fsp3) is 0.517. The molecular weight excluding hydrogens is 498 g/mol. The monoisotopic (exact) mass is 535 g/mol. The lowest BCUT2D eigenvalue weighted by Gasteiger charge is -2.26. The van der Waals surface area contributed by atoms with Crippen LogP contribution in [0.25, 0.3) is 10.9 Å². The molecular formula is C29H37N5O5. The van der Waals surface area contributed by atoms with Crippen LogP contribution in [0.15, 0.2) is 30.6 Å². The molecule has 2 bridgehead atoms. The minimum atomic E-state index is 0.206. The number of nitrogens with one attached hydrogen (secondary N) is 1. The van der Waals surface area contributed by atoms with Gasteiger partial charge in [0, 0.05) is 37.6 Å². The summed E-state index contributed by atoms with van der Waals surface area (Å²) in [6.45, 7) is 7.80. The van der Waals surface area contributed by atoms with E-state index in [1.165, 1.54) is 0 Å². The van der Waals surface area contributed by atoms with Gasteiger partial charge < -0.3 is 33.9 Å². The third-order valence-corrected chi connectivity index (χ3v) is 7.43. The third kappa shape index (κ3) is 6.13. The highest BCUT2D eigenvalue weighted by atomic mass is 16.7. The number of aromatic nitrogens is 2. The van der Waals surface area contributed by atoms with Crippen LogP contribution in [0, 0.1) is 0 Å². The Balaban J connectivity index is 1.30. The quantitative estimate of drug-likeness (QED) is 0.480. The first-order valence-corrected chi connectivity index (χ1v) is 14.0. The molecule has 0 spiro atoms. The topological polar surface area (TPSA) is 90.4 Å². The molecule has 0 saturated carbocycles. The van der Waals surface area contributed by atoms with Gasteiger partial charge in [-0.15, -0.1) is 0 Å². The minimum absolute atomic E-state index is 0.206. The fourth-order valence-corrected chi connectivity index (χ4v) is 5.30. The molecule has 39 heavy (non-hydrogen) atoms. The van der Waals surface area contributed by atoms with Crippen molar-refractivity contribution in [1.82, 2.24) is 19.8 Å². The van der Waals surface area contributed by atoms with Crippen molar-refractivity contribution in [2.45, 2.75) is 32.2 Å². The zero-order chi connectivity index (χ0) is 26.4. The summed E-state index contributed by atoms with van der Waals surface area (Å²) in [5, 5.41) is 4.42. The molecule has 6 rings (SSSR count). The lowest BCUT2D eigenvalue weighted by atomic mass is 10.1. The Kier molecular flexibility index (Phi) is 8.13. The van der Waals surface area contributed by atoms with E-state index in [0.29, 0.717) is 24.8 Å². The van der Waals surface area contributed by atoms with E-state index in [1.807, 2.05) is 18.2 Å². The van der Waals surface area contributed by atoms with Crippen LogP contribution < -0.4 is 24.3 Å². The predicted molar refractivity (Wildman–Crippen MR) is 148 cm³/mol. The first-order chi connectivity index (χ1) is 19.2. The maximum Gasteiger partial charge on any atom is 0.231 e. The summed E-state index contributed by atoms with van der Waals surface area (Å²) in [5.41, 5.74) is 2.79. The molecule has 10 heteroatoms. The first kappa shape index (κ1) is 25.9. The lowest BCUT2D eigenvalue weighted by molar-refractivity contribution is 0.0357. The highest BCUT2D eigenvalue weighted by Crippen LogP contribution is 2.44. The van der Waals surface area contributed by atoms with Gasteiger partial charge in [0.05, 0.1) is 37.6 Å². The number of hydrogen-bond acceptors (Lipinski definition) is 10. The molecule has 3 aromatic rings. The van der Waals surface area contributed by atoms with Crippen molar-refractivity contribution >= 4 is 22.4 Å². The van der Waals surface area contributed by atoms with Crippen molar-refractivity contribution in [2.24, 2.45) is 0 Å². The summed E-state index contributed by atoms with van der Waals surface area (Å²) >= 11 is 0. The highest BCUT2D eigenvalue weighted by Gasteiger charge is 2.23. The SMILES string of the molecule is CN1CCCCCOc2cc3c(ncnc3cc2OCCCN2CCOCC2)Nc2c(ccc3c2OCO3)C1. The molecule has 2 aromatic carbocycles. The Morgan fingerprint density at radius 1 is 0.949 bits per heavy atom. The van der Waals surface area contributed by atoms with Gasteiger partial charge in [0.25, 0.3) is 0 Å². The van der Waals surface area contributed by atoms with Crippen molar-refractivity contribution in [3.63, 3.8) is 0 Å². The van der Waals surface area contributed by atoms with Gasteiger partial charge >= 0.3 is 0 Å². The van der Waals surface area contributed by atoms with Crippen LogP contribution in [0.3, 0.4) is 0 Å². The van der Waals surface area contributed by atoms with Gasteiger partial charge in [-0.25, -0.2) is 9.97 Å². The van der Waals surface area contributed by atoms with Crippen LogP contribution >= 0.6 is 0 Å². The summed E-state index contributed by atoms with van der Waals surface area (Å²) in [7, 11) is 2.15. The van der Waals surface area contributed by atoms with E-state index in [1.54, 1.807) is 6.33 Å². The molecule has 0 atom stereocenters. The van der Waals surface area contributed by atoms with Crippen LogP contribution in [-0.2, 0) is 11.3 Å². The Bertz CT molecular complexity index is 1280. The zero-order valence-corrected chi connectivity index (χ0v) is 22.6. The maximum atomic E-state index is 6.30. The van der Waals surface area contributed by atoms with Gasteiger partial charge in [-0.2, -0.15) is 0 Å². The Hall–Kier alpha value is -3.34. The second-order valence-corrected chi connectivity index (χ2v) is 10.3. The summed E-state index contributed by atoms with van der Waals surface area (Å²) in [5.74, 6) is 3.57. The number of ether oxygens (including phenoxy) is 5. The molecule has 10 nitrogen and oxygen atoms in total. The first-order valence-electron chi connectivity index (χ1n) is 14.0. The van der Waals surface area contributed by atoms with Crippen molar-refractivity contribution < 1.29 is 23.7 Å². The van der Waals surface area contributed by atoms with E-state index in [4.69, 9.17) is 23.7 Å². The molecule has 0 amide bonds. The van der Waals surface area contributed by atoms with Crippen LogP contribution in [0.5, 0.6) is 23.0 Å². The molecule has 3 aliphatic rings. The van der Waals surface area contributed by atoms with E-state index in [9.17, 15) is 0 Å². The summed E-state index contributed by atoms with van der Waals surface area (Å²) in [6.07, 6.45) is 5.69. The summed E-state index contributed by atoms with van der Waals surface area (Å²) < 4.78 is 29.6. The summed E-state index contributed by atoms with van der Waals surface area (Å²) in [6, 6.07) is 8.05. The Morgan fingerprint density at radius 2 is 1.87 bits per heavy atom. The molecule has 0 unspecified atom stereocenters. The number of rotatable bonds is 5. The van der Waals surface area contributed by atoms with Crippen molar-refractivity contribution in [3.05, 3.63) is 36.2 Å². The van der Waals surface area contributed by atoms with Gasteiger partial charge in [-0.1, -0.05) is 6.07 Å². The van der Waals surface area contributed by atoms with Gasteiger partial charge in [0.2, 0.25) is 6.79 Å². The second-order valence-electron chi connectivity index (χ2n) is 10.3. The van der Waals surface area contributed by atoms with Gasteiger partial charge in [0.15, 0.2) is 23.0 Å². The zero-order valence-electron chi connectivity index (χ0n) is 22.6. The van der Waals surface area contributed by atoms with E-state index >= 15 is 0 Å². The van der Waals surface area contributed by atoms with Crippen molar-refractivity contribution in [2.75, 3.05) is 71.8 Å². The molecule has 0 aliphatic carbocycles. The van der Waals surface area contributed by atoms with E-state index in [0.717, 1.165) is 111 Å². The van der Waals surface area contributed by atoms with Crippen molar-refractivity contribution in [1.29, 1.82) is 0 Å². The molecule has 1 fully saturated rings. The van der Waals surface area contributed by atoms with Crippen LogP contribution in [0.1, 0.15) is 31.2 Å². The standard InChI is InChI=1S/C29H37N5O5/c1-33-8-3-2-4-12-36-25-16-22-23(17-26(25)37-13-5-9-34-10-14-35-15-11-34)30-19-31-29(22)32-27-21(18-33)6-7-24-28(27)39-20-38-24/h6-7,16-17,19H,2-5,8-15,18,20H2,1H3,(H,30,31,32). The molecule has 4 heterocycles. The summed E-state index contributed by atoms with van der Waals surface area (Å²) in [4.78, 5) is 13.9. The smallest absolute Gasteiger partial charge is 0.231 e. The Labute approximate surface area is 229 Å². The van der Waals surface area contributed by atoms with Gasteiger partial charge in [-0.3, -0.25) is 4.90 Å². The number of morpholine rings is 1. The molecule has 208 valence electrons. The molecule has 1 saturated heterocycles. The fourth-order valence-electron chi connectivity index (χ4n) is 5.30. The highest BCUT2D eigenvalue weighted by molar-refractivity contribution is 5.94.